The smallest absolute Gasteiger partial charge is 0.1000 e. The molecule has 2 aromatic heterocycles. The van der Waals surface area contributed by atoms with E-state index in [0.717, 1.165) is 22.4 Å². The molecule has 0 bridgehead atoms. The van der Waals surface area contributed by atoms with E-state index in [-0.39, 0.29) is 0 Å². The number of aryl methyl sites for hydroxylation is 1. The Morgan fingerprint density at radius 1 is 1.35 bits per heavy atom. The summed E-state index contributed by atoms with van der Waals surface area (Å²) in [5.41, 5.74) is 4.54. The first-order chi connectivity index (χ1) is 11.1. The van der Waals surface area contributed by atoms with E-state index in [1.807, 2.05) is 36.0 Å². The van der Waals surface area contributed by atoms with Crippen LogP contribution in [0, 0.1) is 6.92 Å². The lowest BCUT2D eigenvalue weighted by atomic mass is 9.99. The second-order valence-electron chi connectivity index (χ2n) is 6.03. The molecule has 0 saturated carbocycles. The minimum atomic E-state index is -0.868. The predicted octanol–water partition coefficient (Wildman–Crippen LogP) is 3.44. The van der Waals surface area contributed by atoms with Crippen LogP contribution in [0.2, 0.25) is 0 Å². The Balaban J connectivity index is 1.67. The van der Waals surface area contributed by atoms with Gasteiger partial charge in [-0.2, -0.15) is 16.4 Å². The lowest BCUT2D eigenvalue weighted by Gasteiger charge is -2.23. The number of nitrogens with zero attached hydrogens (tertiary/aromatic N) is 1. The highest BCUT2D eigenvalue weighted by Gasteiger charge is 2.23. The molecule has 0 radical (unpaired) electrons. The zero-order valence-electron chi connectivity index (χ0n) is 13.3. The Labute approximate surface area is 140 Å². The first kappa shape index (κ1) is 15.9. The predicted molar refractivity (Wildman–Crippen MR) is 94.4 cm³/mol. The number of nitrogens with one attached hydrogen (secondary N) is 2. The maximum absolute atomic E-state index is 10.5. The highest BCUT2D eigenvalue weighted by Crippen LogP contribution is 2.24. The van der Waals surface area contributed by atoms with E-state index >= 15 is 0 Å². The van der Waals surface area contributed by atoms with Gasteiger partial charge < -0.3 is 10.4 Å². The molecule has 5 heteroatoms. The Morgan fingerprint density at radius 2 is 2.22 bits per heavy atom. The van der Waals surface area contributed by atoms with E-state index in [9.17, 15) is 5.11 Å². The summed E-state index contributed by atoms with van der Waals surface area (Å²) in [5, 5.41) is 25.1. The van der Waals surface area contributed by atoms with E-state index in [1.54, 1.807) is 11.3 Å². The van der Waals surface area contributed by atoms with Crippen LogP contribution in [-0.2, 0) is 12.1 Å². The van der Waals surface area contributed by atoms with Crippen LogP contribution in [-0.4, -0.2) is 21.8 Å². The fourth-order valence-corrected chi connectivity index (χ4v) is 3.39. The third-order valence-electron chi connectivity index (χ3n) is 3.95. The molecular formula is C18H21N3OS. The molecule has 3 aromatic rings. The number of hydrogen-bond donors (Lipinski definition) is 3. The number of aliphatic hydroxyl groups is 1. The molecule has 0 amide bonds. The van der Waals surface area contributed by atoms with E-state index in [1.165, 1.54) is 5.56 Å². The van der Waals surface area contributed by atoms with Gasteiger partial charge in [0.05, 0.1) is 17.5 Å². The maximum Gasteiger partial charge on any atom is 0.1000 e. The molecule has 0 saturated heterocycles. The monoisotopic (exact) mass is 327 g/mol. The van der Waals surface area contributed by atoms with Crippen molar-refractivity contribution < 1.29 is 5.11 Å². The largest absolute Gasteiger partial charge is 0.384 e. The van der Waals surface area contributed by atoms with Crippen LogP contribution in [0.1, 0.15) is 23.6 Å². The number of aromatic nitrogens is 2. The number of thiophene rings is 1. The van der Waals surface area contributed by atoms with Gasteiger partial charge in [-0.1, -0.05) is 23.8 Å². The van der Waals surface area contributed by atoms with Crippen LogP contribution in [0.3, 0.4) is 0 Å². The van der Waals surface area contributed by atoms with E-state index in [4.69, 9.17) is 0 Å². The second kappa shape index (κ2) is 6.66. The molecule has 23 heavy (non-hydrogen) atoms. The van der Waals surface area contributed by atoms with E-state index < -0.39 is 5.60 Å². The van der Waals surface area contributed by atoms with E-state index in [2.05, 4.69) is 40.6 Å². The minimum Gasteiger partial charge on any atom is -0.384 e. The molecule has 0 fully saturated rings. The molecule has 2 heterocycles. The highest BCUT2D eigenvalue weighted by atomic mass is 32.1. The van der Waals surface area contributed by atoms with Gasteiger partial charge in [0.25, 0.3) is 0 Å². The van der Waals surface area contributed by atoms with Crippen molar-refractivity contribution in [2.45, 2.75) is 26.0 Å². The summed E-state index contributed by atoms with van der Waals surface area (Å²) in [6, 6.07) is 10.3. The fraction of sp³-hybridized carbons (Fsp3) is 0.278. The van der Waals surface area contributed by atoms with Gasteiger partial charge in [0.15, 0.2) is 0 Å². The molecule has 0 spiro atoms. The van der Waals surface area contributed by atoms with Crippen LogP contribution >= 0.6 is 11.3 Å². The number of rotatable bonds is 6. The molecule has 120 valence electrons. The van der Waals surface area contributed by atoms with Gasteiger partial charge in [0.2, 0.25) is 0 Å². The zero-order valence-corrected chi connectivity index (χ0v) is 14.2. The summed E-state index contributed by atoms with van der Waals surface area (Å²) < 4.78 is 0. The van der Waals surface area contributed by atoms with Crippen LogP contribution in [0.4, 0.5) is 0 Å². The van der Waals surface area contributed by atoms with Gasteiger partial charge in [-0.05, 0) is 42.3 Å². The average Bonchev–Trinajstić information content (AvgIpc) is 3.19. The summed E-state index contributed by atoms with van der Waals surface area (Å²) in [6.45, 7) is 5.05. The third-order valence-corrected chi connectivity index (χ3v) is 4.64. The summed E-state index contributed by atoms with van der Waals surface area (Å²) in [6.07, 6.45) is 1.84. The standard InChI is InChI=1S/C18H21N3OS/c1-13-4-3-5-14(8-13)17-15(10-20-21-17)9-19-12-18(2,22)16-6-7-23-11-16/h3-8,10-11,19,22H,9,12H2,1-2H3,(H,20,21). The Bertz CT molecular complexity index is 762. The normalized spacial score (nSPS) is 13.9. The van der Waals surface area contributed by atoms with Gasteiger partial charge in [-0.3, -0.25) is 5.10 Å². The van der Waals surface area contributed by atoms with E-state index in [0.29, 0.717) is 13.1 Å². The zero-order chi connectivity index (χ0) is 16.3. The van der Waals surface area contributed by atoms with Crippen molar-refractivity contribution >= 4 is 11.3 Å². The summed E-state index contributed by atoms with van der Waals surface area (Å²) in [4.78, 5) is 0. The van der Waals surface area contributed by atoms with Crippen molar-refractivity contribution in [3.05, 3.63) is 64.0 Å². The van der Waals surface area contributed by atoms with Crippen LogP contribution < -0.4 is 5.32 Å². The van der Waals surface area contributed by atoms with Crippen molar-refractivity contribution in [2.24, 2.45) is 0 Å². The van der Waals surface area contributed by atoms with Gasteiger partial charge in [0, 0.05) is 24.2 Å². The van der Waals surface area contributed by atoms with Gasteiger partial charge in [-0.15, -0.1) is 0 Å². The summed E-state index contributed by atoms with van der Waals surface area (Å²) in [7, 11) is 0. The van der Waals surface area contributed by atoms with Gasteiger partial charge >= 0.3 is 0 Å². The molecule has 0 aliphatic carbocycles. The quantitative estimate of drug-likeness (QED) is 0.650. The first-order valence-electron chi connectivity index (χ1n) is 7.61. The van der Waals surface area contributed by atoms with Gasteiger partial charge in [0.1, 0.15) is 0 Å². The van der Waals surface area contributed by atoms with Crippen molar-refractivity contribution in [1.29, 1.82) is 0 Å². The molecule has 4 nitrogen and oxygen atoms in total. The minimum absolute atomic E-state index is 0.488. The number of benzene rings is 1. The highest BCUT2D eigenvalue weighted by molar-refractivity contribution is 7.08. The maximum atomic E-state index is 10.5. The lowest BCUT2D eigenvalue weighted by molar-refractivity contribution is 0.0571. The average molecular weight is 327 g/mol. The number of H-pyrrole nitrogens is 1. The van der Waals surface area contributed by atoms with Crippen molar-refractivity contribution in [3.63, 3.8) is 0 Å². The van der Waals surface area contributed by atoms with Gasteiger partial charge in [-0.25, -0.2) is 0 Å². The molecular weight excluding hydrogens is 306 g/mol. The molecule has 0 aliphatic heterocycles. The summed E-state index contributed by atoms with van der Waals surface area (Å²) in [5.74, 6) is 0. The lowest BCUT2D eigenvalue weighted by Crippen LogP contribution is -2.34. The Morgan fingerprint density at radius 3 is 2.96 bits per heavy atom. The Hall–Kier alpha value is -1.95. The number of aromatic amines is 1. The molecule has 1 unspecified atom stereocenters. The van der Waals surface area contributed by atoms with Crippen LogP contribution in [0.5, 0.6) is 0 Å². The van der Waals surface area contributed by atoms with Crippen LogP contribution in [0.15, 0.2) is 47.3 Å². The van der Waals surface area contributed by atoms with Crippen molar-refractivity contribution in [3.8, 4) is 11.3 Å². The molecule has 0 aliphatic rings. The number of hydrogen-bond acceptors (Lipinski definition) is 4. The molecule has 1 aromatic carbocycles. The summed E-state index contributed by atoms with van der Waals surface area (Å²) >= 11 is 1.60. The van der Waals surface area contributed by atoms with Crippen LogP contribution in [0.25, 0.3) is 11.3 Å². The van der Waals surface area contributed by atoms with Crippen molar-refractivity contribution in [2.75, 3.05) is 6.54 Å². The fourth-order valence-electron chi connectivity index (χ4n) is 2.61. The topological polar surface area (TPSA) is 60.9 Å². The first-order valence-corrected chi connectivity index (χ1v) is 8.55. The molecule has 3 rings (SSSR count). The molecule has 3 N–H and O–H groups in total. The molecule has 1 atom stereocenters. The van der Waals surface area contributed by atoms with Crippen molar-refractivity contribution in [1.82, 2.24) is 15.5 Å². The third kappa shape index (κ3) is 3.69. The SMILES string of the molecule is Cc1cccc(-c2[nH]ncc2CNCC(C)(O)c2ccsc2)c1. The Kier molecular flexibility index (Phi) is 4.61. The second-order valence-corrected chi connectivity index (χ2v) is 6.81.